The molecule has 0 aromatic heterocycles. The summed E-state index contributed by atoms with van der Waals surface area (Å²) < 4.78 is 5.07. The van der Waals surface area contributed by atoms with Crippen LogP contribution in [0, 0.1) is 0 Å². The number of ketones is 1. The Hall–Kier alpha value is -3.93. The summed E-state index contributed by atoms with van der Waals surface area (Å²) in [6, 6.07) is 16.3. The largest absolute Gasteiger partial charge is 0.545 e. The Labute approximate surface area is 160 Å². The van der Waals surface area contributed by atoms with Crippen LogP contribution in [0.3, 0.4) is 0 Å². The smallest absolute Gasteiger partial charge is 0.256 e. The lowest BCUT2D eigenvalue weighted by Gasteiger charge is -2.12. The number of rotatable bonds is 4. The number of amides is 1. The number of fused-ring (bicyclic) bond motifs is 3. The van der Waals surface area contributed by atoms with Crippen molar-refractivity contribution in [3.63, 3.8) is 0 Å². The number of hydrogen-bond donors (Lipinski definition) is 1. The van der Waals surface area contributed by atoms with Gasteiger partial charge >= 0.3 is 0 Å². The van der Waals surface area contributed by atoms with Crippen LogP contribution in [0.4, 0.5) is 5.69 Å². The van der Waals surface area contributed by atoms with E-state index in [1.807, 2.05) is 12.1 Å². The minimum atomic E-state index is -1.39. The lowest BCUT2D eigenvalue weighted by atomic mass is 10.00. The van der Waals surface area contributed by atoms with Crippen molar-refractivity contribution < 1.29 is 24.2 Å². The number of benzene rings is 3. The van der Waals surface area contributed by atoms with Crippen LogP contribution < -0.4 is 15.2 Å². The summed E-state index contributed by atoms with van der Waals surface area (Å²) in [6.07, 6.45) is 0. The maximum Gasteiger partial charge on any atom is 0.256 e. The monoisotopic (exact) mass is 372 g/mol. The third kappa shape index (κ3) is 2.81. The van der Waals surface area contributed by atoms with Crippen molar-refractivity contribution in [2.45, 2.75) is 0 Å². The Bertz CT molecular complexity index is 1150. The maximum atomic E-state index is 12.9. The Kier molecular flexibility index (Phi) is 4.16. The van der Waals surface area contributed by atoms with E-state index in [1.54, 1.807) is 30.3 Å². The van der Waals surface area contributed by atoms with Crippen LogP contribution in [0.2, 0.25) is 0 Å². The average molecular weight is 372 g/mol. The second kappa shape index (κ2) is 6.66. The molecule has 1 aliphatic rings. The van der Waals surface area contributed by atoms with Crippen molar-refractivity contribution in [3.05, 3.63) is 82.9 Å². The summed E-state index contributed by atoms with van der Waals surface area (Å²) in [6.45, 7) is 0. The molecule has 0 radical (unpaired) electrons. The zero-order chi connectivity index (χ0) is 19.8. The molecule has 6 nitrogen and oxygen atoms in total. The highest BCUT2D eigenvalue weighted by Crippen LogP contribution is 2.38. The fourth-order valence-corrected chi connectivity index (χ4v) is 3.37. The van der Waals surface area contributed by atoms with E-state index in [0.717, 1.165) is 5.56 Å². The van der Waals surface area contributed by atoms with E-state index in [4.69, 9.17) is 4.74 Å². The molecule has 138 valence electrons. The molecule has 6 heteroatoms. The highest BCUT2D eigenvalue weighted by molar-refractivity contribution is 6.26. The van der Waals surface area contributed by atoms with E-state index in [2.05, 4.69) is 5.32 Å². The fourth-order valence-electron chi connectivity index (χ4n) is 3.37. The second-order valence-electron chi connectivity index (χ2n) is 6.29. The van der Waals surface area contributed by atoms with Gasteiger partial charge in [-0.3, -0.25) is 9.59 Å². The van der Waals surface area contributed by atoms with Crippen LogP contribution >= 0.6 is 0 Å². The number of ether oxygens (including phenoxy) is 1. The van der Waals surface area contributed by atoms with Gasteiger partial charge in [0.2, 0.25) is 0 Å². The number of carbonyl (C=O) groups is 3. The molecule has 28 heavy (non-hydrogen) atoms. The number of aromatic carboxylic acids is 1. The molecule has 0 saturated carbocycles. The molecule has 0 saturated heterocycles. The SMILES string of the molecule is COc1cc(NC(=O)c2cccc3c2C(=O)c2ccccc2-3)cc(C(=O)[O-])c1. The lowest BCUT2D eigenvalue weighted by molar-refractivity contribution is -0.255. The Morgan fingerprint density at radius 1 is 0.929 bits per heavy atom. The number of nitrogens with one attached hydrogen (secondary N) is 1. The quantitative estimate of drug-likeness (QED) is 0.594. The summed E-state index contributed by atoms with van der Waals surface area (Å²) in [5.41, 5.74) is 2.70. The first kappa shape index (κ1) is 17.5. The normalized spacial score (nSPS) is 11.5. The summed E-state index contributed by atoms with van der Waals surface area (Å²) in [5.74, 6) is -1.85. The van der Waals surface area contributed by atoms with Gasteiger partial charge in [0.15, 0.2) is 5.78 Å². The molecule has 3 aromatic carbocycles. The van der Waals surface area contributed by atoms with Crippen molar-refractivity contribution in [1.29, 1.82) is 0 Å². The minimum absolute atomic E-state index is 0.128. The van der Waals surface area contributed by atoms with Gasteiger partial charge in [-0.05, 0) is 29.3 Å². The summed E-state index contributed by atoms with van der Waals surface area (Å²) >= 11 is 0. The molecule has 3 aromatic rings. The molecule has 0 unspecified atom stereocenters. The Balaban J connectivity index is 1.73. The van der Waals surface area contributed by atoms with Crippen LogP contribution in [0.15, 0.2) is 60.7 Å². The van der Waals surface area contributed by atoms with Gasteiger partial charge < -0.3 is 20.0 Å². The van der Waals surface area contributed by atoms with Gasteiger partial charge in [0.1, 0.15) is 5.75 Å². The van der Waals surface area contributed by atoms with Crippen LogP contribution in [0.5, 0.6) is 5.75 Å². The Morgan fingerprint density at radius 3 is 2.36 bits per heavy atom. The number of carboxylic acids is 1. The number of hydrogen-bond acceptors (Lipinski definition) is 5. The van der Waals surface area contributed by atoms with Gasteiger partial charge in [0, 0.05) is 28.4 Å². The van der Waals surface area contributed by atoms with Crippen molar-refractivity contribution in [3.8, 4) is 16.9 Å². The molecular weight excluding hydrogens is 358 g/mol. The van der Waals surface area contributed by atoms with Crippen LogP contribution in [0.1, 0.15) is 36.6 Å². The molecule has 0 heterocycles. The first-order chi connectivity index (χ1) is 13.5. The van der Waals surface area contributed by atoms with Crippen molar-refractivity contribution in [2.75, 3.05) is 12.4 Å². The topological polar surface area (TPSA) is 95.5 Å². The van der Waals surface area contributed by atoms with Gasteiger partial charge in [-0.15, -0.1) is 0 Å². The molecule has 1 N–H and O–H groups in total. The molecular formula is C22H14NO5-. The van der Waals surface area contributed by atoms with E-state index in [9.17, 15) is 19.5 Å². The summed E-state index contributed by atoms with van der Waals surface area (Å²) in [5, 5.41) is 13.8. The van der Waals surface area contributed by atoms with Crippen molar-refractivity contribution in [1.82, 2.24) is 0 Å². The number of carboxylic acid groups (broad SMARTS) is 1. The Morgan fingerprint density at radius 2 is 1.64 bits per heavy atom. The third-order valence-electron chi connectivity index (χ3n) is 4.63. The van der Waals surface area contributed by atoms with Crippen LogP contribution in [-0.2, 0) is 0 Å². The molecule has 0 bridgehead atoms. The van der Waals surface area contributed by atoms with E-state index in [0.29, 0.717) is 16.7 Å². The molecule has 0 spiro atoms. The molecule has 0 aliphatic heterocycles. The van der Waals surface area contributed by atoms with Gasteiger partial charge in [0.05, 0.1) is 18.6 Å². The maximum absolute atomic E-state index is 12.9. The minimum Gasteiger partial charge on any atom is -0.545 e. The molecule has 1 amide bonds. The van der Waals surface area contributed by atoms with Crippen molar-refractivity contribution in [2.24, 2.45) is 0 Å². The first-order valence-electron chi connectivity index (χ1n) is 8.48. The highest BCUT2D eigenvalue weighted by atomic mass is 16.5. The zero-order valence-electron chi connectivity index (χ0n) is 14.8. The van der Waals surface area contributed by atoms with E-state index >= 15 is 0 Å². The number of methoxy groups -OCH3 is 1. The molecule has 1 aliphatic carbocycles. The highest BCUT2D eigenvalue weighted by Gasteiger charge is 2.30. The third-order valence-corrected chi connectivity index (χ3v) is 4.63. The average Bonchev–Trinajstić information content (AvgIpc) is 3.00. The summed E-state index contributed by atoms with van der Waals surface area (Å²) in [7, 11) is 1.39. The lowest BCUT2D eigenvalue weighted by Crippen LogP contribution is -2.23. The summed E-state index contributed by atoms with van der Waals surface area (Å²) in [4.78, 5) is 36.9. The predicted octanol–water partition coefficient (Wildman–Crippen LogP) is 2.52. The molecule has 4 rings (SSSR count). The standard InChI is InChI=1S/C22H15NO5/c1-28-14-10-12(22(26)27)9-13(11-14)23-21(25)18-8-4-7-16-15-5-2-3-6-17(15)20(24)19(16)18/h2-11H,1H3,(H,23,25)(H,26,27)/p-1. The van der Waals surface area contributed by atoms with E-state index in [1.165, 1.54) is 25.3 Å². The van der Waals surface area contributed by atoms with Crippen molar-refractivity contribution >= 4 is 23.3 Å². The van der Waals surface area contributed by atoms with Gasteiger partial charge in [-0.1, -0.05) is 36.4 Å². The van der Waals surface area contributed by atoms with E-state index < -0.39 is 11.9 Å². The van der Waals surface area contributed by atoms with E-state index in [-0.39, 0.29) is 28.3 Å². The van der Waals surface area contributed by atoms with Crippen LogP contribution in [0.25, 0.3) is 11.1 Å². The number of carbonyl (C=O) groups excluding carboxylic acids is 3. The predicted molar refractivity (Wildman–Crippen MR) is 101 cm³/mol. The number of anilines is 1. The fraction of sp³-hybridized carbons (Fsp3) is 0.0455. The molecule has 0 atom stereocenters. The van der Waals surface area contributed by atoms with Gasteiger partial charge in [0.25, 0.3) is 5.91 Å². The van der Waals surface area contributed by atoms with Crippen LogP contribution in [-0.4, -0.2) is 24.8 Å². The zero-order valence-corrected chi connectivity index (χ0v) is 14.8. The first-order valence-corrected chi connectivity index (χ1v) is 8.48. The molecule has 0 fully saturated rings. The van der Waals surface area contributed by atoms with Gasteiger partial charge in [-0.2, -0.15) is 0 Å². The van der Waals surface area contributed by atoms with Gasteiger partial charge in [-0.25, -0.2) is 0 Å². The second-order valence-corrected chi connectivity index (χ2v) is 6.29.